The highest BCUT2D eigenvalue weighted by molar-refractivity contribution is 5.92. The van der Waals surface area contributed by atoms with Gasteiger partial charge in [0.1, 0.15) is 17.3 Å². The lowest BCUT2D eigenvalue weighted by atomic mass is 10.0. The monoisotopic (exact) mass is 566 g/mol. The first-order valence-corrected chi connectivity index (χ1v) is 12.4. The number of carbonyl (C=O) groups is 1. The van der Waals surface area contributed by atoms with Gasteiger partial charge in [-0.05, 0) is 68.8 Å². The Hall–Kier alpha value is -2.65. The van der Waals surface area contributed by atoms with Crippen LogP contribution in [-0.4, -0.2) is 71.8 Å². The van der Waals surface area contributed by atoms with Crippen LogP contribution in [0, 0.1) is 5.82 Å². The highest BCUT2D eigenvalue weighted by atomic mass is 35.5. The Morgan fingerprint density at radius 2 is 1.92 bits per heavy atom. The second-order valence-electron chi connectivity index (χ2n) is 9.55. The Morgan fingerprint density at radius 1 is 1.16 bits per heavy atom. The topological polar surface area (TPSA) is 59.8 Å². The zero-order valence-corrected chi connectivity index (χ0v) is 23.8. The molecule has 2 heterocycles. The fourth-order valence-corrected chi connectivity index (χ4v) is 4.45. The zero-order valence-electron chi connectivity index (χ0n) is 22.1. The summed E-state index contributed by atoms with van der Waals surface area (Å²) in [5, 5.41) is 0. The van der Waals surface area contributed by atoms with E-state index >= 15 is 0 Å². The van der Waals surface area contributed by atoms with Crippen molar-refractivity contribution in [3.8, 4) is 16.9 Å². The van der Waals surface area contributed by atoms with Gasteiger partial charge in [0.25, 0.3) is 5.91 Å². The number of aromatic nitrogens is 2. The third kappa shape index (κ3) is 8.43. The summed E-state index contributed by atoms with van der Waals surface area (Å²) in [7, 11) is 5.90. The molecule has 1 fully saturated rings. The van der Waals surface area contributed by atoms with Gasteiger partial charge in [-0.1, -0.05) is 18.2 Å². The molecule has 1 aliphatic rings. The van der Waals surface area contributed by atoms with Crippen LogP contribution in [0.15, 0.2) is 55.0 Å². The molecule has 4 rings (SSSR count). The third-order valence-corrected chi connectivity index (χ3v) is 6.36. The number of aryl methyl sites for hydroxylation is 1. The lowest BCUT2D eigenvalue weighted by Crippen LogP contribution is -2.43. The number of carbonyl (C=O) groups excluding carboxylic acids is 1. The standard InChI is InChI=1S/C28H35FN4O3.2ClH/c1-31(2)12-5-13-36-24-7-4-6-22(17-24)25-16-21(8-9-26(25)29)18-33(23-10-14-35-15-11-23)28(34)27-19-32(3)20-30-27;;/h4,6-9,16-17,19-20,23H,5,10-15,18H2,1-3H3;2*1H. The molecule has 0 spiro atoms. The number of nitrogens with zero attached hydrogens (tertiary/aromatic N) is 4. The molecule has 0 unspecified atom stereocenters. The molecule has 38 heavy (non-hydrogen) atoms. The van der Waals surface area contributed by atoms with Crippen LogP contribution in [0.1, 0.15) is 35.3 Å². The van der Waals surface area contributed by atoms with Gasteiger partial charge >= 0.3 is 0 Å². The summed E-state index contributed by atoms with van der Waals surface area (Å²) >= 11 is 0. The first kappa shape index (κ1) is 31.6. The van der Waals surface area contributed by atoms with Crippen LogP contribution in [0.5, 0.6) is 5.75 Å². The largest absolute Gasteiger partial charge is 0.494 e. The minimum absolute atomic E-state index is 0. The second-order valence-corrected chi connectivity index (χ2v) is 9.55. The molecule has 0 bridgehead atoms. The maximum absolute atomic E-state index is 14.9. The van der Waals surface area contributed by atoms with Crippen LogP contribution in [-0.2, 0) is 18.3 Å². The third-order valence-electron chi connectivity index (χ3n) is 6.36. The number of ether oxygens (including phenoxy) is 2. The first-order valence-electron chi connectivity index (χ1n) is 12.4. The van der Waals surface area contributed by atoms with Crippen molar-refractivity contribution in [1.29, 1.82) is 0 Å². The Morgan fingerprint density at radius 3 is 2.61 bits per heavy atom. The summed E-state index contributed by atoms with van der Waals surface area (Å²) in [5.41, 5.74) is 2.50. The van der Waals surface area contributed by atoms with Crippen LogP contribution in [0.4, 0.5) is 4.39 Å². The highest BCUT2D eigenvalue weighted by Crippen LogP contribution is 2.29. The van der Waals surface area contributed by atoms with Crippen LogP contribution in [0.3, 0.4) is 0 Å². The molecule has 10 heteroatoms. The molecule has 1 amide bonds. The molecule has 0 N–H and O–H groups in total. The zero-order chi connectivity index (χ0) is 25.5. The minimum atomic E-state index is -0.308. The molecule has 1 aromatic heterocycles. The molecule has 3 aromatic rings. The van der Waals surface area contributed by atoms with Crippen molar-refractivity contribution >= 4 is 30.7 Å². The van der Waals surface area contributed by atoms with Crippen molar-refractivity contribution in [3.05, 3.63) is 72.1 Å². The smallest absolute Gasteiger partial charge is 0.274 e. The minimum Gasteiger partial charge on any atom is -0.494 e. The van der Waals surface area contributed by atoms with E-state index in [0.717, 1.165) is 36.9 Å². The summed E-state index contributed by atoms with van der Waals surface area (Å²) in [5.74, 6) is 0.281. The predicted octanol–water partition coefficient (Wildman–Crippen LogP) is 5.22. The average molecular weight is 568 g/mol. The molecule has 1 saturated heterocycles. The molecular formula is C28H37Cl2FN4O3. The van der Waals surface area contributed by atoms with E-state index in [4.69, 9.17) is 9.47 Å². The van der Waals surface area contributed by atoms with E-state index in [1.165, 1.54) is 6.07 Å². The highest BCUT2D eigenvalue weighted by Gasteiger charge is 2.28. The van der Waals surface area contributed by atoms with Gasteiger partial charge in [-0.15, -0.1) is 24.8 Å². The Bertz CT molecular complexity index is 1170. The van der Waals surface area contributed by atoms with Crippen molar-refractivity contribution < 1.29 is 18.7 Å². The van der Waals surface area contributed by atoms with Gasteiger partial charge in [0, 0.05) is 51.2 Å². The quantitative estimate of drug-likeness (QED) is 0.315. The molecule has 208 valence electrons. The lowest BCUT2D eigenvalue weighted by Gasteiger charge is -2.34. The maximum atomic E-state index is 14.9. The number of amides is 1. The number of hydrogen-bond acceptors (Lipinski definition) is 5. The van der Waals surface area contributed by atoms with Crippen molar-refractivity contribution in [2.75, 3.05) is 40.5 Å². The number of benzene rings is 2. The number of imidazole rings is 1. The fourth-order valence-electron chi connectivity index (χ4n) is 4.45. The SMILES string of the molecule is CN(C)CCCOc1cccc(-c2cc(CN(C(=O)c3cn(C)cn3)C3CCOCC3)ccc2F)c1.Cl.Cl. The second kappa shape index (κ2) is 15.1. The van der Waals surface area contributed by atoms with Gasteiger partial charge in [-0.25, -0.2) is 9.37 Å². The number of halogens is 3. The van der Waals surface area contributed by atoms with Gasteiger partial charge in [-0.2, -0.15) is 0 Å². The van der Waals surface area contributed by atoms with E-state index in [-0.39, 0.29) is 42.6 Å². The van der Waals surface area contributed by atoms with Crippen LogP contribution in [0.25, 0.3) is 11.1 Å². The van der Waals surface area contributed by atoms with E-state index in [1.54, 1.807) is 23.2 Å². The normalized spacial score (nSPS) is 13.5. The van der Waals surface area contributed by atoms with Crippen LogP contribution in [0.2, 0.25) is 0 Å². The summed E-state index contributed by atoms with van der Waals surface area (Å²) in [4.78, 5) is 21.6. The van der Waals surface area contributed by atoms with Crippen molar-refractivity contribution in [2.45, 2.75) is 31.8 Å². The summed E-state index contributed by atoms with van der Waals surface area (Å²) in [6.07, 6.45) is 5.79. The summed E-state index contributed by atoms with van der Waals surface area (Å²) in [6.45, 7) is 3.14. The van der Waals surface area contributed by atoms with Gasteiger partial charge < -0.3 is 23.8 Å². The molecule has 0 atom stereocenters. The maximum Gasteiger partial charge on any atom is 0.274 e. The summed E-state index contributed by atoms with van der Waals surface area (Å²) in [6, 6.07) is 12.6. The van der Waals surface area contributed by atoms with E-state index in [2.05, 4.69) is 9.88 Å². The van der Waals surface area contributed by atoms with Crippen molar-refractivity contribution in [3.63, 3.8) is 0 Å². The molecular weight excluding hydrogens is 530 g/mol. The Balaban J connectivity index is 0.00000253. The van der Waals surface area contributed by atoms with E-state index < -0.39 is 0 Å². The van der Waals surface area contributed by atoms with Gasteiger partial charge in [-0.3, -0.25) is 4.79 Å². The Labute approximate surface area is 236 Å². The van der Waals surface area contributed by atoms with Gasteiger partial charge in [0.05, 0.1) is 12.9 Å². The Kier molecular flexibility index (Phi) is 12.5. The molecule has 0 saturated carbocycles. The molecule has 1 aliphatic heterocycles. The number of hydrogen-bond donors (Lipinski definition) is 0. The van der Waals surface area contributed by atoms with E-state index in [9.17, 15) is 9.18 Å². The molecule has 0 aliphatic carbocycles. The first-order chi connectivity index (χ1) is 17.4. The molecule has 2 aromatic carbocycles. The van der Waals surface area contributed by atoms with Crippen molar-refractivity contribution in [1.82, 2.24) is 19.4 Å². The van der Waals surface area contributed by atoms with Crippen LogP contribution >= 0.6 is 24.8 Å². The van der Waals surface area contributed by atoms with Gasteiger partial charge in [0.2, 0.25) is 0 Å². The average Bonchev–Trinajstić information content (AvgIpc) is 3.32. The fraction of sp³-hybridized carbons (Fsp3) is 0.429. The predicted molar refractivity (Wildman–Crippen MR) is 152 cm³/mol. The summed E-state index contributed by atoms with van der Waals surface area (Å²) < 4.78 is 28.1. The lowest BCUT2D eigenvalue weighted by molar-refractivity contribution is 0.0264. The molecule has 7 nitrogen and oxygen atoms in total. The van der Waals surface area contributed by atoms with Crippen molar-refractivity contribution in [2.24, 2.45) is 7.05 Å². The number of rotatable bonds is 10. The molecule has 0 radical (unpaired) electrons. The van der Waals surface area contributed by atoms with E-state index in [0.29, 0.717) is 43.4 Å². The van der Waals surface area contributed by atoms with Gasteiger partial charge in [0.15, 0.2) is 0 Å². The van der Waals surface area contributed by atoms with Crippen LogP contribution < -0.4 is 4.74 Å². The van der Waals surface area contributed by atoms with E-state index in [1.807, 2.05) is 56.4 Å².